The molecule has 0 aliphatic heterocycles. The normalized spacial score (nSPS) is 12.5. The Morgan fingerprint density at radius 3 is 2.30 bits per heavy atom. The molecule has 0 saturated heterocycles. The number of aromatic nitrogens is 1. The molecule has 2 atom stereocenters. The second-order valence-corrected chi connectivity index (χ2v) is 8.34. The van der Waals surface area contributed by atoms with Gasteiger partial charge in [-0.2, -0.15) is 0 Å². The molecular weight excluding hydrogens is 444 g/mol. The molecule has 1 unspecified atom stereocenters. The van der Waals surface area contributed by atoms with E-state index in [1.807, 2.05) is 42.6 Å². The quantitative estimate of drug-likeness (QED) is 0.305. The molecule has 0 aliphatic carbocycles. The van der Waals surface area contributed by atoms with E-state index in [2.05, 4.69) is 15.6 Å². The van der Waals surface area contributed by atoms with Gasteiger partial charge >= 0.3 is 6.09 Å². The number of non-ortho nitro benzene ring substituents is 1. The number of amides is 2. The molecule has 0 fully saturated rings. The highest BCUT2D eigenvalue weighted by Crippen LogP contribution is 2.23. The predicted octanol–water partition coefficient (Wildman–Crippen LogP) is 3.89. The largest absolute Gasteiger partial charge is 0.465 e. The summed E-state index contributed by atoms with van der Waals surface area (Å²) in [5.41, 5.74) is 2.25. The number of hydrogen-bond donors (Lipinski definition) is 3. The van der Waals surface area contributed by atoms with Crippen LogP contribution in [0, 0.1) is 10.1 Å². The lowest BCUT2D eigenvalue weighted by molar-refractivity contribution is -0.384. The van der Waals surface area contributed by atoms with Crippen molar-refractivity contribution in [3.63, 3.8) is 0 Å². The van der Waals surface area contributed by atoms with Crippen LogP contribution in [0.15, 0.2) is 60.0 Å². The Kier molecular flexibility index (Phi) is 8.09. The minimum Gasteiger partial charge on any atom is -0.465 e. The number of nitro benzene ring substituents is 1. The van der Waals surface area contributed by atoms with Gasteiger partial charge in [0.25, 0.3) is 5.69 Å². The summed E-state index contributed by atoms with van der Waals surface area (Å²) in [6.45, 7) is 1.99. The molecule has 9 nitrogen and oxygen atoms in total. The number of nitrogens with zero attached hydrogens (tertiary/aromatic N) is 2. The molecule has 0 radical (unpaired) electrons. The molecule has 33 heavy (non-hydrogen) atoms. The molecule has 0 aliphatic rings. The zero-order chi connectivity index (χ0) is 23.8. The summed E-state index contributed by atoms with van der Waals surface area (Å²) in [5, 5.41) is 28.2. The Labute approximate surface area is 194 Å². The predicted molar refractivity (Wildman–Crippen MR) is 124 cm³/mol. The standard InChI is InChI=1S/C23H24N4O5S/c1-2-21-24-20(14-33-21)18(12-16-8-10-17(11-9-16)27(31)32)25-22(28)19(26-23(29)30)13-15-6-4-3-5-7-15/h3-11,14,18-19,26H,2,12-13H2,1H3,(H,25,28)(H,29,30)/t18?,19-/m0/s1. The first kappa shape index (κ1) is 23.9. The third-order valence-electron chi connectivity index (χ3n) is 5.03. The van der Waals surface area contributed by atoms with Gasteiger partial charge < -0.3 is 15.7 Å². The van der Waals surface area contributed by atoms with Gasteiger partial charge in [0.05, 0.1) is 21.7 Å². The van der Waals surface area contributed by atoms with Gasteiger partial charge in [0.15, 0.2) is 0 Å². The van der Waals surface area contributed by atoms with Crippen molar-refractivity contribution >= 4 is 29.0 Å². The maximum Gasteiger partial charge on any atom is 0.405 e. The zero-order valence-corrected chi connectivity index (χ0v) is 18.7. The highest BCUT2D eigenvalue weighted by Gasteiger charge is 2.26. The number of benzene rings is 2. The highest BCUT2D eigenvalue weighted by atomic mass is 32.1. The first-order valence-electron chi connectivity index (χ1n) is 10.4. The van der Waals surface area contributed by atoms with Crippen LogP contribution in [-0.4, -0.2) is 33.1 Å². The van der Waals surface area contributed by atoms with E-state index >= 15 is 0 Å². The number of rotatable bonds is 10. The van der Waals surface area contributed by atoms with Crippen LogP contribution < -0.4 is 10.6 Å². The van der Waals surface area contributed by atoms with E-state index in [4.69, 9.17) is 0 Å². The lowest BCUT2D eigenvalue weighted by Gasteiger charge is -2.22. The SMILES string of the molecule is CCc1nc(C(Cc2ccc([N+](=O)[O-])cc2)NC(=O)[C@H](Cc2ccccc2)NC(=O)O)cs1. The van der Waals surface area contributed by atoms with Crippen molar-refractivity contribution in [3.05, 3.63) is 91.9 Å². The number of carbonyl (C=O) groups excluding carboxylic acids is 1. The van der Waals surface area contributed by atoms with Crippen molar-refractivity contribution in [2.75, 3.05) is 0 Å². The van der Waals surface area contributed by atoms with Gasteiger partial charge in [0, 0.05) is 23.9 Å². The molecule has 0 spiro atoms. The van der Waals surface area contributed by atoms with Crippen LogP contribution in [0.1, 0.15) is 34.8 Å². The lowest BCUT2D eigenvalue weighted by Crippen LogP contribution is -2.48. The highest BCUT2D eigenvalue weighted by molar-refractivity contribution is 7.09. The van der Waals surface area contributed by atoms with Gasteiger partial charge in [-0.1, -0.05) is 49.4 Å². The second-order valence-electron chi connectivity index (χ2n) is 7.40. The molecule has 3 N–H and O–H groups in total. The molecule has 172 valence electrons. The van der Waals surface area contributed by atoms with Crippen LogP contribution in [-0.2, 0) is 24.1 Å². The van der Waals surface area contributed by atoms with E-state index in [0.29, 0.717) is 12.1 Å². The van der Waals surface area contributed by atoms with E-state index in [1.54, 1.807) is 12.1 Å². The second kappa shape index (κ2) is 11.2. The number of thiazole rings is 1. The summed E-state index contributed by atoms with van der Waals surface area (Å²) in [6, 6.07) is 13.7. The fraction of sp³-hybridized carbons (Fsp3) is 0.261. The van der Waals surface area contributed by atoms with Crippen molar-refractivity contribution in [2.24, 2.45) is 0 Å². The van der Waals surface area contributed by atoms with E-state index < -0.39 is 29.0 Å². The minimum atomic E-state index is -1.29. The number of aryl methyl sites for hydroxylation is 1. The number of nitrogens with one attached hydrogen (secondary N) is 2. The third-order valence-corrected chi connectivity index (χ3v) is 6.04. The summed E-state index contributed by atoms with van der Waals surface area (Å²) >= 11 is 1.48. The number of carbonyl (C=O) groups is 2. The summed E-state index contributed by atoms with van der Waals surface area (Å²) in [7, 11) is 0. The smallest absolute Gasteiger partial charge is 0.405 e. The Balaban J connectivity index is 1.82. The van der Waals surface area contributed by atoms with Crippen LogP contribution >= 0.6 is 11.3 Å². The maximum absolute atomic E-state index is 13.1. The van der Waals surface area contributed by atoms with Crippen molar-refractivity contribution < 1.29 is 19.6 Å². The van der Waals surface area contributed by atoms with Crippen LogP contribution in [0.4, 0.5) is 10.5 Å². The fourth-order valence-corrected chi connectivity index (χ4v) is 4.15. The monoisotopic (exact) mass is 468 g/mol. The van der Waals surface area contributed by atoms with Crippen molar-refractivity contribution in [1.29, 1.82) is 0 Å². The molecule has 0 bridgehead atoms. The Hall–Kier alpha value is -3.79. The van der Waals surface area contributed by atoms with Crippen LogP contribution in [0.3, 0.4) is 0 Å². The molecule has 1 aromatic heterocycles. The minimum absolute atomic E-state index is 0.0187. The zero-order valence-electron chi connectivity index (χ0n) is 17.9. The summed E-state index contributed by atoms with van der Waals surface area (Å²) < 4.78 is 0. The van der Waals surface area contributed by atoms with Crippen LogP contribution in [0.5, 0.6) is 0 Å². The number of nitro groups is 1. The van der Waals surface area contributed by atoms with E-state index in [1.165, 1.54) is 23.5 Å². The lowest BCUT2D eigenvalue weighted by atomic mass is 10.0. The molecule has 1 heterocycles. The molecular formula is C23H24N4O5S. The fourth-order valence-electron chi connectivity index (χ4n) is 3.35. The molecule has 2 amide bonds. The summed E-state index contributed by atoms with van der Waals surface area (Å²) in [5.74, 6) is -0.473. The Morgan fingerprint density at radius 1 is 1.06 bits per heavy atom. The molecule has 3 aromatic rings. The number of carboxylic acid groups (broad SMARTS) is 1. The molecule has 0 saturated carbocycles. The van der Waals surface area contributed by atoms with Gasteiger partial charge in [-0.15, -0.1) is 11.3 Å². The first-order chi connectivity index (χ1) is 15.9. The average Bonchev–Trinajstić information content (AvgIpc) is 3.28. The van der Waals surface area contributed by atoms with Crippen molar-refractivity contribution in [3.8, 4) is 0 Å². The average molecular weight is 469 g/mol. The van der Waals surface area contributed by atoms with Crippen molar-refractivity contribution in [1.82, 2.24) is 15.6 Å². The number of hydrogen-bond acceptors (Lipinski definition) is 6. The van der Waals surface area contributed by atoms with Gasteiger partial charge in [0.1, 0.15) is 6.04 Å². The van der Waals surface area contributed by atoms with Crippen LogP contribution in [0.2, 0.25) is 0 Å². The van der Waals surface area contributed by atoms with Gasteiger partial charge in [-0.25, -0.2) is 9.78 Å². The van der Waals surface area contributed by atoms with Crippen LogP contribution in [0.25, 0.3) is 0 Å². The maximum atomic E-state index is 13.1. The summed E-state index contributed by atoms with van der Waals surface area (Å²) in [4.78, 5) is 39.5. The molecule has 3 rings (SSSR count). The topological polar surface area (TPSA) is 134 Å². The molecule has 10 heteroatoms. The third kappa shape index (κ3) is 6.84. The Morgan fingerprint density at radius 2 is 1.73 bits per heavy atom. The summed E-state index contributed by atoms with van der Waals surface area (Å²) in [6.07, 6.45) is 0.00223. The van der Waals surface area contributed by atoms with Gasteiger partial charge in [0.2, 0.25) is 5.91 Å². The van der Waals surface area contributed by atoms with Gasteiger partial charge in [-0.3, -0.25) is 14.9 Å². The molecule has 2 aromatic carbocycles. The van der Waals surface area contributed by atoms with Gasteiger partial charge in [-0.05, 0) is 24.0 Å². The van der Waals surface area contributed by atoms with E-state index in [9.17, 15) is 24.8 Å². The Bertz CT molecular complexity index is 1100. The van der Waals surface area contributed by atoms with E-state index in [-0.39, 0.29) is 12.1 Å². The van der Waals surface area contributed by atoms with Crippen molar-refractivity contribution in [2.45, 2.75) is 38.3 Å². The first-order valence-corrected chi connectivity index (χ1v) is 11.2. The van der Waals surface area contributed by atoms with E-state index in [0.717, 1.165) is 22.6 Å².